The number of nitrogen functional groups attached to an aromatic ring is 1. The summed E-state index contributed by atoms with van der Waals surface area (Å²) in [7, 11) is -17.1. The molecule has 1 aliphatic rings. The van der Waals surface area contributed by atoms with Crippen LogP contribution in [0, 0.1) is 0 Å². The van der Waals surface area contributed by atoms with Gasteiger partial charge in [0.25, 0.3) is 10.6 Å². The van der Waals surface area contributed by atoms with Crippen molar-refractivity contribution < 1.29 is 62.2 Å². The first-order valence-corrected chi connectivity index (χ1v) is 12.9. The summed E-state index contributed by atoms with van der Waals surface area (Å²) in [4.78, 5) is 49.0. The molecule has 1 aliphatic heterocycles. The van der Waals surface area contributed by atoms with Gasteiger partial charge in [-0.25, -0.2) is 8.88 Å². The van der Waals surface area contributed by atoms with Crippen LogP contribution < -0.4 is 11.3 Å². The van der Waals surface area contributed by atoms with Crippen molar-refractivity contribution in [2.75, 3.05) is 12.3 Å². The number of ether oxygens (including phenoxy) is 1. The van der Waals surface area contributed by atoms with Crippen molar-refractivity contribution in [1.82, 2.24) is 4.57 Å². The zero-order valence-electron chi connectivity index (χ0n) is 15.6. The van der Waals surface area contributed by atoms with Gasteiger partial charge in [-0.2, -0.15) is 0 Å². The molecular formula is C12H21N2O14P3. The third-order valence-electron chi connectivity index (χ3n) is 4.29. The first-order valence-electron chi connectivity index (χ1n) is 8.18. The largest absolute Gasteiger partial charge is 0.479 e. The van der Waals surface area contributed by atoms with Crippen LogP contribution >= 0.6 is 23.0 Å². The van der Waals surface area contributed by atoms with Gasteiger partial charge in [0, 0.05) is 18.0 Å². The fourth-order valence-electron chi connectivity index (χ4n) is 2.38. The molecule has 16 nitrogen and oxygen atoms in total. The van der Waals surface area contributed by atoms with Crippen LogP contribution in [0.15, 0.2) is 23.1 Å². The molecule has 2 heterocycles. The van der Waals surface area contributed by atoms with Crippen molar-refractivity contribution in [2.45, 2.75) is 36.5 Å². The van der Waals surface area contributed by atoms with Gasteiger partial charge in [0.05, 0.1) is 6.61 Å². The third kappa shape index (κ3) is 5.52. The Hall–Kier alpha value is -0.960. The molecule has 3 unspecified atom stereocenters. The third-order valence-corrected chi connectivity index (χ3v) is 10.2. The Labute approximate surface area is 173 Å². The summed E-state index contributed by atoms with van der Waals surface area (Å²) in [5.41, 5.74) is 4.87. The molecule has 0 amide bonds. The van der Waals surface area contributed by atoms with Gasteiger partial charge in [0.2, 0.25) is 0 Å². The minimum atomic E-state index is -5.85. The zero-order chi connectivity index (χ0) is 24.0. The lowest BCUT2D eigenvalue weighted by atomic mass is 10.1. The normalized spacial score (nSPS) is 30.3. The second kappa shape index (κ2) is 8.76. The standard InChI is InChI=1S/C12H21N2O14P3/c1-12(18,29(19,20)21)30(22,23)28-31(24,25)26-5-7-9(16)10(17)11(27-7)14-3-2-6(13)4-8(14)15/h2-4,7,9-11,16-18H,5,13H2,1H3,(H,22,23)(H,24,25)(H2,19,20,21)/t7-,9-,10+,11-,12?/m1/s1. The van der Waals surface area contributed by atoms with E-state index in [9.17, 15) is 43.6 Å². The van der Waals surface area contributed by atoms with Crippen LogP contribution in [0.4, 0.5) is 5.69 Å². The van der Waals surface area contributed by atoms with Crippen LogP contribution in [0.25, 0.3) is 0 Å². The van der Waals surface area contributed by atoms with Crippen LogP contribution in [0.2, 0.25) is 0 Å². The lowest BCUT2D eigenvalue weighted by molar-refractivity contribution is -0.0535. The molecule has 1 aromatic heterocycles. The van der Waals surface area contributed by atoms with Gasteiger partial charge in [-0.1, -0.05) is 0 Å². The number of aliphatic hydroxyl groups is 3. The van der Waals surface area contributed by atoms with Crippen LogP contribution in [0.5, 0.6) is 0 Å². The number of pyridine rings is 1. The number of hydrogen-bond acceptors (Lipinski definition) is 11. The van der Waals surface area contributed by atoms with Crippen molar-refractivity contribution in [3.8, 4) is 0 Å². The SMILES string of the molecule is CC(O)(P(=O)(O)O)P(=O)(O)OP(=O)(O)OC[C@H]1O[C@@H](n2ccc(N)cc2=O)[C@@H](O)[C@@H]1O. The zero-order valence-corrected chi connectivity index (χ0v) is 18.3. The molecule has 0 aliphatic carbocycles. The van der Waals surface area contributed by atoms with E-state index in [0.717, 1.165) is 16.8 Å². The van der Waals surface area contributed by atoms with E-state index in [0.29, 0.717) is 0 Å². The van der Waals surface area contributed by atoms with Crippen molar-refractivity contribution in [3.05, 3.63) is 28.7 Å². The van der Waals surface area contributed by atoms with E-state index in [1.807, 2.05) is 0 Å². The van der Waals surface area contributed by atoms with Gasteiger partial charge in [-0.3, -0.25) is 23.0 Å². The predicted octanol–water partition coefficient (Wildman–Crippen LogP) is -1.79. The minimum Gasteiger partial charge on any atom is -0.399 e. The summed E-state index contributed by atoms with van der Waals surface area (Å²) in [6.45, 7) is -0.825. The quantitative estimate of drug-likeness (QED) is 0.179. The number of aliphatic hydroxyl groups excluding tert-OH is 2. The summed E-state index contributed by atoms with van der Waals surface area (Å²) in [6, 6.07) is 2.31. The second-order valence-corrected chi connectivity index (χ2v) is 12.7. The number of nitrogens with two attached hydrogens (primary N) is 1. The van der Waals surface area contributed by atoms with Gasteiger partial charge < -0.3 is 45.4 Å². The molecule has 19 heteroatoms. The maximum Gasteiger partial charge on any atom is 0.479 e. The first-order chi connectivity index (χ1) is 13.9. The van der Waals surface area contributed by atoms with E-state index >= 15 is 0 Å². The molecule has 9 N–H and O–H groups in total. The maximum absolute atomic E-state index is 12.0. The van der Waals surface area contributed by atoms with Crippen molar-refractivity contribution >= 4 is 28.7 Å². The fourth-order valence-corrected chi connectivity index (χ4v) is 6.29. The van der Waals surface area contributed by atoms with Gasteiger partial charge >= 0.3 is 23.0 Å². The highest BCUT2D eigenvalue weighted by Crippen LogP contribution is 2.74. The number of phosphoric acid groups is 1. The summed E-state index contributed by atoms with van der Waals surface area (Å²) in [5, 5.41) is 26.0. The highest BCUT2D eigenvalue weighted by atomic mass is 31.3. The Morgan fingerprint density at radius 2 is 1.77 bits per heavy atom. The monoisotopic (exact) mass is 510 g/mol. The average Bonchev–Trinajstić information content (AvgIpc) is 2.86. The molecule has 0 bridgehead atoms. The molecule has 1 fully saturated rings. The van der Waals surface area contributed by atoms with Crippen LogP contribution in [-0.4, -0.2) is 69.5 Å². The van der Waals surface area contributed by atoms with E-state index in [2.05, 4.69) is 8.83 Å². The van der Waals surface area contributed by atoms with Gasteiger partial charge in [-0.05, 0) is 13.0 Å². The first kappa shape index (κ1) is 26.3. The van der Waals surface area contributed by atoms with E-state index in [-0.39, 0.29) is 12.6 Å². The highest BCUT2D eigenvalue weighted by molar-refractivity contribution is 7.75. The molecule has 178 valence electrons. The smallest absolute Gasteiger partial charge is 0.399 e. The summed E-state index contributed by atoms with van der Waals surface area (Å²) >= 11 is 0. The topological polar surface area (TPSA) is 269 Å². The molecule has 0 spiro atoms. The lowest BCUT2D eigenvalue weighted by Crippen LogP contribution is -2.35. The Morgan fingerprint density at radius 3 is 2.29 bits per heavy atom. The van der Waals surface area contributed by atoms with Crippen molar-refractivity contribution in [2.24, 2.45) is 0 Å². The Balaban J connectivity index is 2.11. The van der Waals surface area contributed by atoms with Crippen molar-refractivity contribution in [1.29, 1.82) is 0 Å². The molecule has 1 aromatic rings. The fraction of sp³-hybridized carbons (Fsp3) is 0.583. The summed E-state index contributed by atoms with van der Waals surface area (Å²) in [6.07, 6.45) is -5.29. The highest BCUT2D eigenvalue weighted by Gasteiger charge is 2.60. The van der Waals surface area contributed by atoms with Gasteiger partial charge in [0.1, 0.15) is 18.3 Å². The Morgan fingerprint density at radius 1 is 1.19 bits per heavy atom. The lowest BCUT2D eigenvalue weighted by Gasteiger charge is -2.29. The molecule has 0 saturated carbocycles. The van der Waals surface area contributed by atoms with E-state index in [1.165, 1.54) is 6.07 Å². The maximum atomic E-state index is 12.0. The number of rotatable bonds is 8. The molecule has 7 atom stereocenters. The molecular weight excluding hydrogens is 489 g/mol. The Bertz CT molecular complexity index is 1020. The number of hydrogen-bond donors (Lipinski definition) is 8. The predicted molar refractivity (Wildman–Crippen MR) is 100 cm³/mol. The van der Waals surface area contributed by atoms with Gasteiger partial charge in [0.15, 0.2) is 6.23 Å². The number of aromatic nitrogens is 1. The number of phosphoric ester groups is 1. The van der Waals surface area contributed by atoms with Crippen LogP contribution in [-0.2, 0) is 27.3 Å². The average molecular weight is 510 g/mol. The number of nitrogens with zero attached hydrogens (tertiary/aromatic N) is 1. The van der Waals surface area contributed by atoms with E-state index < -0.39 is 64.8 Å². The summed E-state index contributed by atoms with van der Waals surface area (Å²) < 4.78 is 49.4. The van der Waals surface area contributed by atoms with E-state index in [1.54, 1.807) is 0 Å². The number of anilines is 1. The van der Waals surface area contributed by atoms with Crippen molar-refractivity contribution in [3.63, 3.8) is 0 Å². The van der Waals surface area contributed by atoms with Gasteiger partial charge in [-0.15, -0.1) is 0 Å². The van der Waals surface area contributed by atoms with Crippen LogP contribution in [0.3, 0.4) is 0 Å². The Kier molecular flexibility index (Phi) is 7.43. The minimum absolute atomic E-state index is 0.118. The van der Waals surface area contributed by atoms with Crippen LogP contribution in [0.1, 0.15) is 13.2 Å². The van der Waals surface area contributed by atoms with E-state index in [4.69, 9.17) is 20.3 Å². The second-order valence-electron chi connectivity index (χ2n) is 6.63. The molecule has 31 heavy (non-hydrogen) atoms. The molecule has 1 saturated heterocycles. The summed E-state index contributed by atoms with van der Waals surface area (Å²) in [5.74, 6) is 0. The molecule has 0 aromatic carbocycles. The molecule has 2 rings (SSSR count). The molecule has 0 radical (unpaired) electrons.